The number of halogens is 2. The maximum absolute atomic E-state index is 12.3. The summed E-state index contributed by atoms with van der Waals surface area (Å²) in [4.78, 5) is 16.0. The lowest BCUT2D eigenvalue weighted by Crippen LogP contribution is -2.40. The maximum Gasteiger partial charge on any atom is 0.236 e. The monoisotopic (exact) mass is 330 g/mol. The number of aliphatic hydroxyl groups is 1. The first-order chi connectivity index (χ1) is 9.99. The number of carbonyl (C=O) groups is 1. The molecule has 2 rings (SSSR count). The SMILES string of the molecule is CN(Cc1cc(Cl)cc(Cl)c1)C(=O)CN(CCO)C1CC1. The average molecular weight is 331 g/mol. The van der Waals surface area contributed by atoms with Crippen molar-refractivity contribution in [2.75, 3.05) is 26.7 Å². The van der Waals surface area contributed by atoms with Gasteiger partial charge >= 0.3 is 0 Å². The number of benzene rings is 1. The lowest BCUT2D eigenvalue weighted by atomic mass is 10.2. The fourth-order valence-electron chi connectivity index (χ4n) is 2.32. The Balaban J connectivity index is 1.92. The van der Waals surface area contributed by atoms with Crippen LogP contribution in [0.3, 0.4) is 0 Å². The molecular formula is C15H20Cl2N2O2. The highest BCUT2D eigenvalue weighted by Crippen LogP contribution is 2.26. The third kappa shape index (κ3) is 5.15. The van der Waals surface area contributed by atoms with Gasteiger partial charge in [-0.05, 0) is 36.6 Å². The predicted molar refractivity (Wildman–Crippen MR) is 84.6 cm³/mol. The number of nitrogens with zero attached hydrogens (tertiary/aromatic N) is 2. The van der Waals surface area contributed by atoms with E-state index in [1.807, 2.05) is 17.0 Å². The Morgan fingerprint density at radius 1 is 1.29 bits per heavy atom. The van der Waals surface area contributed by atoms with E-state index in [-0.39, 0.29) is 12.5 Å². The van der Waals surface area contributed by atoms with Crippen LogP contribution in [-0.4, -0.2) is 53.6 Å². The molecule has 1 aliphatic rings. The van der Waals surface area contributed by atoms with E-state index in [0.29, 0.717) is 35.7 Å². The molecule has 0 bridgehead atoms. The lowest BCUT2D eigenvalue weighted by Gasteiger charge is -2.24. The van der Waals surface area contributed by atoms with Gasteiger partial charge in [-0.3, -0.25) is 9.69 Å². The fraction of sp³-hybridized carbons (Fsp3) is 0.533. The summed E-state index contributed by atoms with van der Waals surface area (Å²) in [6.45, 7) is 1.44. The average Bonchev–Trinajstić information content (AvgIpc) is 3.20. The van der Waals surface area contributed by atoms with Crippen molar-refractivity contribution in [1.82, 2.24) is 9.80 Å². The molecule has 4 nitrogen and oxygen atoms in total. The molecule has 1 aliphatic carbocycles. The summed E-state index contributed by atoms with van der Waals surface area (Å²) < 4.78 is 0. The summed E-state index contributed by atoms with van der Waals surface area (Å²) in [6, 6.07) is 5.74. The van der Waals surface area contributed by atoms with Gasteiger partial charge in [-0.25, -0.2) is 0 Å². The molecule has 0 radical (unpaired) electrons. The minimum Gasteiger partial charge on any atom is -0.395 e. The van der Waals surface area contributed by atoms with Gasteiger partial charge in [0.25, 0.3) is 0 Å². The Bertz CT molecular complexity index is 486. The van der Waals surface area contributed by atoms with Crippen molar-refractivity contribution in [1.29, 1.82) is 0 Å². The second-order valence-corrected chi connectivity index (χ2v) is 6.33. The highest BCUT2D eigenvalue weighted by molar-refractivity contribution is 6.34. The Morgan fingerprint density at radius 2 is 1.90 bits per heavy atom. The highest BCUT2D eigenvalue weighted by Gasteiger charge is 2.30. The van der Waals surface area contributed by atoms with Gasteiger partial charge < -0.3 is 10.0 Å². The number of hydrogen-bond acceptors (Lipinski definition) is 3. The van der Waals surface area contributed by atoms with Gasteiger partial charge in [0.2, 0.25) is 5.91 Å². The van der Waals surface area contributed by atoms with Crippen molar-refractivity contribution in [3.8, 4) is 0 Å². The largest absolute Gasteiger partial charge is 0.395 e. The van der Waals surface area contributed by atoms with Crippen LogP contribution in [0.2, 0.25) is 10.0 Å². The number of hydrogen-bond donors (Lipinski definition) is 1. The molecule has 0 spiro atoms. The molecule has 1 N–H and O–H groups in total. The van der Waals surface area contributed by atoms with Crippen LogP contribution in [0.4, 0.5) is 0 Å². The molecule has 21 heavy (non-hydrogen) atoms. The fourth-order valence-corrected chi connectivity index (χ4v) is 2.89. The summed E-state index contributed by atoms with van der Waals surface area (Å²) in [5.74, 6) is 0.0337. The first kappa shape index (κ1) is 16.6. The third-order valence-corrected chi connectivity index (χ3v) is 3.99. The number of carbonyl (C=O) groups excluding carboxylic acids is 1. The van der Waals surface area contributed by atoms with E-state index in [9.17, 15) is 4.79 Å². The van der Waals surface area contributed by atoms with E-state index < -0.39 is 0 Å². The van der Waals surface area contributed by atoms with Gasteiger partial charge in [0.1, 0.15) is 0 Å². The second-order valence-electron chi connectivity index (χ2n) is 5.45. The normalized spacial score (nSPS) is 14.5. The van der Waals surface area contributed by atoms with Gasteiger partial charge in [0, 0.05) is 36.2 Å². The highest BCUT2D eigenvalue weighted by atomic mass is 35.5. The zero-order valence-electron chi connectivity index (χ0n) is 12.1. The standard InChI is InChI=1S/C15H20Cl2N2O2/c1-18(9-11-6-12(16)8-13(17)7-11)15(21)10-19(4-5-20)14-2-3-14/h6-8,14,20H,2-5,9-10H2,1H3. The van der Waals surface area contributed by atoms with Crippen molar-refractivity contribution < 1.29 is 9.90 Å². The van der Waals surface area contributed by atoms with Crippen LogP contribution in [0.1, 0.15) is 18.4 Å². The molecule has 0 heterocycles. The number of likely N-dealkylation sites (N-methyl/N-ethyl adjacent to an activating group) is 1. The molecule has 0 aliphatic heterocycles. The molecule has 1 saturated carbocycles. The molecule has 0 unspecified atom stereocenters. The van der Waals surface area contributed by atoms with E-state index in [4.69, 9.17) is 28.3 Å². The topological polar surface area (TPSA) is 43.8 Å². The minimum atomic E-state index is 0.0337. The molecule has 1 aromatic carbocycles. The van der Waals surface area contributed by atoms with Crippen molar-refractivity contribution in [3.05, 3.63) is 33.8 Å². The van der Waals surface area contributed by atoms with Crippen LogP contribution in [-0.2, 0) is 11.3 Å². The molecule has 0 atom stereocenters. The zero-order valence-corrected chi connectivity index (χ0v) is 13.6. The molecule has 1 fully saturated rings. The molecule has 116 valence electrons. The lowest BCUT2D eigenvalue weighted by molar-refractivity contribution is -0.131. The van der Waals surface area contributed by atoms with Crippen LogP contribution >= 0.6 is 23.2 Å². The Morgan fingerprint density at radius 3 is 2.43 bits per heavy atom. The first-order valence-electron chi connectivity index (χ1n) is 7.03. The quantitative estimate of drug-likeness (QED) is 0.834. The number of amides is 1. The third-order valence-electron chi connectivity index (χ3n) is 3.56. The van der Waals surface area contributed by atoms with E-state index in [2.05, 4.69) is 0 Å². The van der Waals surface area contributed by atoms with E-state index in [1.165, 1.54) is 0 Å². The van der Waals surface area contributed by atoms with Crippen molar-refractivity contribution in [2.24, 2.45) is 0 Å². The molecule has 0 aromatic heterocycles. The summed E-state index contributed by atoms with van der Waals surface area (Å²) in [5.41, 5.74) is 0.906. The van der Waals surface area contributed by atoms with Crippen LogP contribution in [0, 0.1) is 0 Å². The van der Waals surface area contributed by atoms with Gasteiger partial charge in [-0.2, -0.15) is 0 Å². The van der Waals surface area contributed by atoms with Crippen molar-refractivity contribution in [2.45, 2.75) is 25.4 Å². The van der Waals surface area contributed by atoms with Gasteiger partial charge in [-0.1, -0.05) is 23.2 Å². The van der Waals surface area contributed by atoms with Crippen molar-refractivity contribution in [3.63, 3.8) is 0 Å². The Kier molecular flexibility index (Phi) is 5.88. The molecule has 0 saturated heterocycles. The Hall–Kier alpha value is -0.810. The number of rotatable bonds is 7. The van der Waals surface area contributed by atoms with E-state index in [0.717, 1.165) is 18.4 Å². The molecule has 1 amide bonds. The van der Waals surface area contributed by atoms with Crippen LogP contribution in [0.15, 0.2) is 18.2 Å². The van der Waals surface area contributed by atoms with Gasteiger partial charge in [0.05, 0.1) is 13.2 Å². The minimum absolute atomic E-state index is 0.0337. The zero-order chi connectivity index (χ0) is 15.4. The smallest absolute Gasteiger partial charge is 0.236 e. The number of aliphatic hydroxyl groups excluding tert-OH is 1. The molecule has 1 aromatic rings. The molecule has 6 heteroatoms. The van der Waals surface area contributed by atoms with Crippen LogP contribution in [0.5, 0.6) is 0 Å². The summed E-state index contributed by atoms with van der Waals surface area (Å²) in [7, 11) is 1.77. The van der Waals surface area contributed by atoms with Crippen LogP contribution in [0.25, 0.3) is 0 Å². The Labute approximate surface area is 135 Å². The van der Waals surface area contributed by atoms with Crippen LogP contribution < -0.4 is 0 Å². The van der Waals surface area contributed by atoms with E-state index >= 15 is 0 Å². The summed E-state index contributed by atoms with van der Waals surface area (Å²) in [5, 5.41) is 10.2. The van der Waals surface area contributed by atoms with Gasteiger partial charge in [0.15, 0.2) is 0 Å². The first-order valence-corrected chi connectivity index (χ1v) is 7.79. The second kappa shape index (κ2) is 7.45. The predicted octanol–water partition coefficient (Wildman–Crippen LogP) is 2.41. The molecular weight excluding hydrogens is 311 g/mol. The summed E-state index contributed by atoms with van der Waals surface area (Å²) in [6.07, 6.45) is 2.22. The maximum atomic E-state index is 12.3. The van der Waals surface area contributed by atoms with E-state index in [1.54, 1.807) is 18.0 Å². The summed E-state index contributed by atoms with van der Waals surface area (Å²) >= 11 is 11.9. The van der Waals surface area contributed by atoms with Crippen molar-refractivity contribution >= 4 is 29.1 Å². The van der Waals surface area contributed by atoms with Gasteiger partial charge in [-0.15, -0.1) is 0 Å².